The molecule has 1 aliphatic heterocycles. The summed E-state index contributed by atoms with van der Waals surface area (Å²) in [5.74, 6) is 0. The van der Waals surface area contributed by atoms with Crippen LogP contribution in [-0.2, 0) is 10.8 Å². The van der Waals surface area contributed by atoms with Crippen LogP contribution in [0.25, 0.3) is 104 Å². The van der Waals surface area contributed by atoms with E-state index >= 15 is 0 Å². The summed E-state index contributed by atoms with van der Waals surface area (Å²) in [6.07, 6.45) is 0. The minimum absolute atomic E-state index is 0.0270. The first-order valence-electron chi connectivity index (χ1n) is 23.8. The van der Waals surface area contributed by atoms with E-state index in [2.05, 4.69) is 248 Å². The monoisotopic (exact) mass is 860 g/mol. The Bertz CT molecular complexity index is 4070. The summed E-state index contributed by atoms with van der Waals surface area (Å²) < 4.78 is 10.3. The number of para-hydroxylation sites is 5. The Morgan fingerprint density at radius 2 is 0.746 bits per heavy atom. The lowest BCUT2D eigenvalue weighted by molar-refractivity contribution is 0.591. The summed E-state index contributed by atoms with van der Waals surface area (Å²) in [6, 6.07) is 71.3. The van der Waals surface area contributed by atoms with E-state index < -0.39 is 0 Å². The van der Waals surface area contributed by atoms with E-state index in [1.165, 1.54) is 115 Å². The van der Waals surface area contributed by atoms with Crippen molar-refractivity contribution in [2.75, 3.05) is 0 Å². The van der Waals surface area contributed by atoms with Crippen molar-refractivity contribution in [3.8, 4) is 17.1 Å². The van der Waals surface area contributed by atoms with Gasteiger partial charge in [-0.3, -0.25) is 0 Å². The lowest BCUT2D eigenvalue weighted by Crippen LogP contribution is -2.53. The minimum atomic E-state index is -0.134. The highest BCUT2D eigenvalue weighted by Gasteiger charge is 2.37. The fourth-order valence-corrected chi connectivity index (χ4v) is 11.9. The molecule has 0 radical (unpaired) electrons. The van der Waals surface area contributed by atoms with Crippen LogP contribution < -0.4 is 10.9 Å². The average Bonchev–Trinajstić information content (AvgIpc) is 4.06. The van der Waals surface area contributed by atoms with E-state index in [4.69, 9.17) is 0 Å². The molecule has 0 spiro atoms. The normalized spacial score (nSPS) is 13.2. The number of hydrogen-bond acceptors (Lipinski definition) is 0. The summed E-state index contributed by atoms with van der Waals surface area (Å²) in [5.41, 5.74) is 18.6. The quantitative estimate of drug-likeness (QED) is 0.158. The maximum absolute atomic E-state index is 2.71. The predicted molar refractivity (Wildman–Crippen MR) is 287 cm³/mol. The van der Waals surface area contributed by atoms with Crippen LogP contribution in [0.1, 0.15) is 52.7 Å². The van der Waals surface area contributed by atoms with Crippen molar-refractivity contribution >= 4 is 105 Å². The Morgan fingerprint density at radius 3 is 1.27 bits per heavy atom. The van der Waals surface area contributed by atoms with Gasteiger partial charge in [-0.05, 0) is 106 Å². The van der Waals surface area contributed by atoms with Gasteiger partial charge in [0.1, 0.15) is 0 Å². The molecule has 1 aliphatic rings. The second-order valence-corrected chi connectivity index (χ2v) is 21.0. The van der Waals surface area contributed by atoms with Crippen molar-refractivity contribution in [3.05, 3.63) is 199 Å². The van der Waals surface area contributed by atoms with Gasteiger partial charge in [-0.1, -0.05) is 157 Å². The van der Waals surface area contributed by atoms with E-state index in [1.807, 2.05) is 0 Å². The first-order valence-corrected chi connectivity index (χ1v) is 23.8. The molecule has 4 nitrogen and oxygen atoms in total. The van der Waals surface area contributed by atoms with Crippen LogP contribution >= 0.6 is 0 Å². The number of rotatable bonds is 3. The summed E-state index contributed by atoms with van der Waals surface area (Å²) in [5, 5.41) is 10.1. The van der Waals surface area contributed by atoms with Crippen LogP contribution in [0.4, 0.5) is 0 Å². The number of hydrogen-bond donors (Lipinski definition) is 0. The number of fused-ring (bicyclic) bond motifs is 14. The predicted octanol–water partition coefficient (Wildman–Crippen LogP) is 14.6. The Labute approximate surface area is 390 Å². The van der Waals surface area contributed by atoms with Crippen molar-refractivity contribution in [1.29, 1.82) is 0 Å². The van der Waals surface area contributed by atoms with Gasteiger partial charge in [-0.15, -0.1) is 0 Å². The zero-order valence-electron chi connectivity index (χ0n) is 38.8. The molecule has 0 unspecified atom stereocenters. The van der Waals surface area contributed by atoms with E-state index in [0.29, 0.717) is 0 Å². The van der Waals surface area contributed by atoms with Crippen molar-refractivity contribution in [2.24, 2.45) is 0 Å². The first kappa shape index (κ1) is 38.5. The average molecular weight is 861 g/mol. The third-order valence-electron chi connectivity index (χ3n) is 15.1. The Hall–Kier alpha value is -7.76. The molecule has 4 aromatic heterocycles. The summed E-state index contributed by atoms with van der Waals surface area (Å²) in [6.45, 7) is 13.9. The molecule has 5 heterocycles. The molecule has 67 heavy (non-hydrogen) atoms. The van der Waals surface area contributed by atoms with Crippen molar-refractivity contribution in [3.63, 3.8) is 0 Å². The summed E-state index contributed by atoms with van der Waals surface area (Å²) in [7, 11) is 0. The first-order chi connectivity index (χ1) is 32.5. The lowest BCUT2D eigenvalue weighted by Gasteiger charge is -2.29. The molecule has 13 aromatic rings. The van der Waals surface area contributed by atoms with Gasteiger partial charge < -0.3 is 18.2 Å². The van der Waals surface area contributed by atoms with Crippen LogP contribution in [-0.4, -0.2) is 25.0 Å². The zero-order chi connectivity index (χ0) is 45.1. The Kier molecular flexibility index (Phi) is 7.71. The van der Waals surface area contributed by atoms with E-state index in [1.54, 1.807) is 0 Å². The van der Waals surface area contributed by atoms with Gasteiger partial charge in [0.05, 0.1) is 33.1 Å². The standard InChI is InChI=1S/C62H49BN4/c1-61(2,3)38-27-30-46-47-31-28-39(62(4,5)6)34-59(47)67(58(46)33-38)63-50-21-11-16-26-57(50)66-56-32-29-40(64-52-22-12-7-17-42(52)43-18-8-13-23-53(43)64)35-48(56)49-36-41(37-51(63)60(49)66)65-54-24-14-9-19-44(54)45-20-10-15-25-55(45)65/h7-37H,1-6H3. The molecule has 5 heteroatoms. The highest BCUT2D eigenvalue weighted by atomic mass is 15.0. The number of aromatic nitrogens is 4. The molecule has 14 rings (SSSR count). The Morgan fingerprint density at radius 1 is 0.313 bits per heavy atom. The molecule has 0 fully saturated rings. The second-order valence-electron chi connectivity index (χ2n) is 21.0. The molecule has 0 amide bonds. The number of nitrogens with zero attached hydrogens (tertiary/aromatic N) is 4. The molecular formula is C62H49BN4. The molecule has 0 atom stereocenters. The van der Waals surface area contributed by atoms with E-state index in [-0.39, 0.29) is 17.7 Å². The molecule has 0 saturated carbocycles. The Balaban J connectivity index is 1.16. The third-order valence-corrected chi connectivity index (χ3v) is 15.1. The zero-order valence-corrected chi connectivity index (χ0v) is 38.8. The maximum atomic E-state index is 2.71. The highest BCUT2D eigenvalue weighted by molar-refractivity contribution is 6.88. The molecule has 320 valence electrons. The fraction of sp³-hybridized carbons (Fsp3) is 0.129. The molecule has 9 aromatic carbocycles. The van der Waals surface area contributed by atoms with Gasteiger partial charge in [0.15, 0.2) is 0 Å². The molecule has 0 bridgehead atoms. The molecular weight excluding hydrogens is 812 g/mol. The van der Waals surface area contributed by atoms with Crippen LogP contribution in [0.3, 0.4) is 0 Å². The van der Waals surface area contributed by atoms with Gasteiger partial charge >= 0.3 is 6.85 Å². The summed E-state index contributed by atoms with van der Waals surface area (Å²) in [4.78, 5) is 0. The van der Waals surface area contributed by atoms with Gasteiger partial charge in [0, 0.05) is 71.2 Å². The van der Waals surface area contributed by atoms with Gasteiger partial charge in [-0.2, -0.15) is 0 Å². The third kappa shape index (κ3) is 5.31. The smallest absolute Gasteiger partial charge is 0.332 e. The number of benzene rings is 9. The van der Waals surface area contributed by atoms with Gasteiger partial charge in [0.2, 0.25) is 0 Å². The van der Waals surface area contributed by atoms with Crippen LogP contribution in [0.2, 0.25) is 0 Å². The van der Waals surface area contributed by atoms with Crippen LogP contribution in [0, 0.1) is 0 Å². The molecule has 0 saturated heterocycles. The highest BCUT2D eigenvalue weighted by Crippen LogP contribution is 2.42. The fourth-order valence-electron chi connectivity index (χ4n) is 11.9. The van der Waals surface area contributed by atoms with Crippen LogP contribution in [0.5, 0.6) is 0 Å². The van der Waals surface area contributed by atoms with Gasteiger partial charge in [-0.25, -0.2) is 0 Å². The van der Waals surface area contributed by atoms with Crippen molar-refractivity contribution in [2.45, 2.75) is 52.4 Å². The SMILES string of the molecule is CC(C)(C)c1ccc2c3ccc(C(C)(C)C)cc3n(B3c4ccccc4-n4c5ccc(-n6c7ccccc7c7ccccc76)cc5c5cc(-n6c7ccccc7c7ccccc76)cc3c54)c2c1. The minimum Gasteiger partial charge on any atom is -0.376 e. The van der Waals surface area contributed by atoms with Crippen LogP contribution in [0.15, 0.2) is 188 Å². The summed E-state index contributed by atoms with van der Waals surface area (Å²) >= 11 is 0. The molecule has 0 N–H and O–H groups in total. The van der Waals surface area contributed by atoms with E-state index in [0.717, 1.165) is 11.4 Å². The molecule has 0 aliphatic carbocycles. The van der Waals surface area contributed by atoms with Gasteiger partial charge in [0.25, 0.3) is 0 Å². The largest absolute Gasteiger partial charge is 0.376 e. The van der Waals surface area contributed by atoms with E-state index in [9.17, 15) is 0 Å². The maximum Gasteiger partial charge on any atom is 0.332 e. The topological polar surface area (TPSA) is 19.7 Å². The lowest BCUT2D eigenvalue weighted by atomic mass is 9.48. The second kappa shape index (κ2) is 13.4. The van der Waals surface area contributed by atoms with Crippen molar-refractivity contribution < 1.29 is 0 Å². The van der Waals surface area contributed by atoms with Crippen molar-refractivity contribution in [1.82, 2.24) is 18.2 Å².